The third kappa shape index (κ3) is 1.68. The van der Waals surface area contributed by atoms with Crippen LogP contribution >= 0.6 is 0 Å². The highest BCUT2D eigenvalue weighted by atomic mass is 15.3. The maximum absolute atomic E-state index is 4.22. The third-order valence-corrected chi connectivity index (χ3v) is 3.65. The number of fused-ring (bicyclic) bond motifs is 1. The third-order valence-electron chi connectivity index (χ3n) is 3.65. The molecule has 0 bridgehead atoms. The van der Waals surface area contributed by atoms with Crippen molar-refractivity contribution in [1.82, 2.24) is 20.0 Å². The minimum Gasteiger partial charge on any atom is -0.312 e. The summed E-state index contributed by atoms with van der Waals surface area (Å²) in [5.41, 5.74) is 1.34. The Hall–Kier alpha value is -0.870. The standard InChI is InChI=1S/C11H18N4/c1-14-7-9(6-13-14)8-15-5-3-10-11(15)2-4-12-10/h6-7,10-12H,2-5,8H2,1H3/t10-,11-/m0/s1. The van der Waals surface area contributed by atoms with Crippen LogP contribution < -0.4 is 5.32 Å². The molecule has 0 aromatic carbocycles. The lowest BCUT2D eigenvalue weighted by Crippen LogP contribution is -2.33. The number of hydrogen-bond acceptors (Lipinski definition) is 3. The van der Waals surface area contributed by atoms with Crippen LogP contribution in [-0.2, 0) is 13.6 Å². The van der Waals surface area contributed by atoms with Gasteiger partial charge in [-0.1, -0.05) is 0 Å². The molecule has 0 unspecified atom stereocenters. The van der Waals surface area contributed by atoms with E-state index in [0.29, 0.717) is 0 Å². The molecular formula is C11H18N4. The van der Waals surface area contributed by atoms with Gasteiger partial charge in [-0.25, -0.2) is 0 Å². The molecule has 4 heteroatoms. The van der Waals surface area contributed by atoms with Gasteiger partial charge < -0.3 is 5.32 Å². The van der Waals surface area contributed by atoms with E-state index >= 15 is 0 Å². The molecule has 0 aliphatic carbocycles. The molecule has 4 nitrogen and oxygen atoms in total. The molecule has 2 atom stereocenters. The van der Waals surface area contributed by atoms with Crippen molar-refractivity contribution in [2.45, 2.75) is 31.5 Å². The van der Waals surface area contributed by atoms with Crippen LogP contribution in [0, 0.1) is 0 Å². The molecular weight excluding hydrogens is 188 g/mol. The second kappa shape index (κ2) is 3.61. The second-order valence-electron chi connectivity index (χ2n) is 4.70. The Balaban J connectivity index is 1.68. The van der Waals surface area contributed by atoms with E-state index in [2.05, 4.69) is 21.5 Å². The highest BCUT2D eigenvalue weighted by Gasteiger charge is 2.36. The Morgan fingerprint density at radius 2 is 2.47 bits per heavy atom. The molecule has 2 saturated heterocycles. The molecule has 0 saturated carbocycles. The quantitative estimate of drug-likeness (QED) is 0.758. The first-order chi connectivity index (χ1) is 7.33. The van der Waals surface area contributed by atoms with E-state index in [0.717, 1.165) is 18.6 Å². The number of hydrogen-bond donors (Lipinski definition) is 1. The van der Waals surface area contributed by atoms with Crippen LogP contribution in [0.3, 0.4) is 0 Å². The minimum absolute atomic E-state index is 0.752. The summed E-state index contributed by atoms with van der Waals surface area (Å²) in [5, 5.41) is 7.80. The number of nitrogens with one attached hydrogen (secondary N) is 1. The van der Waals surface area contributed by atoms with E-state index in [-0.39, 0.29) is 0 Å². The smallest absolute Gasteiger partial charge is 0.0534 e. The van der Waals surface area contributed by atoms with Gasteiger partial charge in [0.05, 0.1) is 6.20 Å². The Kier molecular flexibility index (Phi) is 2.25. The fraction of sp³-hybridized carbons (Fsp3) is 0.727. The zero-order chi connectivity index (χ0) is 10.3. The fourth-order valence-electron chi connectivity index (χ4n) is 2.94. The van der Waals surface area contributed by atoms with Crippen LogP contribution in [0.25, 0.3) is 0 Å². The van der Waals surface area contributed by atoms with Gasteiger partial charge in [0.2, 0.25) is 0 Å². The van der Waals surface area contributed by atoms with Crippen LogP contribution in [0.2, 0.25) is 0 Å². The fourth-order valence-corrected chi connectivity index (χ4v) is 2.94. The molecule has 3 heterocycles. The molecule has 2 aliphatic heterocycles. The van der Waals surface area contributed by atoms with Gasteiger partial charge in [-0.2, -0.15) is 5.10 Å². The zero-order valence-electron chi connectivity index (χ0n) is 9.19. The van der Waals surface area contributed by atoms with Crippen LogP contribution in [0.15, 0.2) is 12.4 Å². The summed E-state index contributed by atoms with van der Waals surface area (Å²) in [6.45, 7) is 3.49. The monoisotopic (exact) mass is 206 g/mol. The maximum atomic E-state index is 4.22. The highest BCUT2D eigenvalue weighted by molar-refractivity contribution is 5.06. The second-order valence-corrected chi connectivity index (χ2v) is 4.70. The van der Waals surface area contributed by atoms with E-state index in [1.54, 1.807) is 0 Å². The van der Waals surface area contributed by atoms with Crippen molar-refractivity contribution >= 4 is 0 Å². The van der Waals surface area contributed by atoms with E-state index in [9.17, 15) is 0 Å². The summed E-state index contributed by atoms with van der Waals surface area (Å²) >= 11 is 0. The Morgan fingerprint density at radius 3 is 3.27 bits per heavy atom. The Morgan fingerprint density at radius 1 is 1.53 bits per heavy atom. The number of aryl methyl sites for hydroxylation is 1. The molecule has 3 rings (SSSR count). The van der Waals surface area contributed by atoms with Crippen molar-refractivity contribution in [1.29, 1.82) is 0 Å². The molecule has 0 radical (unpaired) electrons. The Labute approximate surface area is 90.3 Å². The largest absolute Gasteiger partial charge is 0.312 e. The van der Waals surface area contributed by atoms with Crippen molar-refractivity contribution in [2.24, 2.45) is 7.05 Å². The number of nitrogens with zero attached hydrogens (tertiary/aromatic N) is 3. The van der Waals surface area contributed by atoms with Gasteiger partial charge >= 0.3 is 0 Å². The van der Waals surface area contributed by atoms with E-state index in [4.69, 9.17) is 0 Å². The summed E-state index contributed by atoms with van der Waals surface area (Å²) in [6.07, 6.45) is 6.72. The van der Waals surface area contributed by atoms with Crippen molar-refractivity contribution in [3.05, 3.63) is 18.0 Å². The summed E-state index contributed by atoms with van der Waals surface area (Å²) in [4.78, 5) is 2.60. The molecule has 82 valence electrons. The maximum Gasteiger partial charge on any atom is 0.0534 e. The van der Waals surface area contributed by atoms with Gasteiger partial charge in [0.15, 0.2) is 0 Å². The topological polar surface area (TPSA) is 33.1 Å². The van der Waals surface area contributed by atoms with E-state index < -0.39 is 0 Å². The summed E-state index contributed by atoms with van der Waals surface area (Å²) in [7, 11) is 1.98. The van der Waals surface area contributed by atoms with Gasteiger partial charge in [0.25, 0.3) is 0 Å². The molecule has 15 heavy (non-hydrogen) atoms. The lowest BCUT2D eigenvalue weighted by Gasteiger charge is -2.22. The molecule has 1 N–H and O–H groups in total. The zero-order valence-corrected chi connectivity index (χ0v) is 9.19. The lowest BCUT2D eigenvalue weighted by atomic mass is 10.1. The highest BCUT2D eigenvalue weighted by Crippen LogP contribution is 2.26. The van der Waals surface area contributed by atoms with E-state index in [1.807, 2.05) is 17.9 Å². The van der Waals surface area contributed by atoms with Crippen LogP contribution in [0.4, 0.5) is 0 Å². The summed E-state index contributed by atoms with van der Waals surface area (Å²) < 4.78 is 1.88. The first-order valence-corrected chi connectivity index (χ1v) is 5.78. The van der Waals surface area contributed by atoms with Crippen molar-refractivity contribution in [3.63, 3.8) is 0 Å². The normalized spacial score (nSPS) is 31.0. The van der Waals surface area contributed by atoms with Crippen molar-refractivity contribution in [3.8, 4) is 0 Å². The lowest BCUT2D eigenvalue weighted by molar-refractivity contribution is 0.245. The van der Waals surface area contributed by atoms with Gasteiger partial charge in [0.1, 0.15) is 0 Å². The van der Waals surface area contributed by atoms with Crippen LogP contribution in [-0.4, -0.2) is 39.9 Å². The van der Waals surface area contributed by atoms with Crippen LogP contribution in [0.1, 0.15) is 18.4 Å². The minimum atomic E-state index is 0.752. The summed E-state index contributed by atoms with van der Waals surface area (Å²) in [6, 6.07) is 1.52. The Bertz CT molecular complexity index is 346. The van der Waals surface area contributed by atoms with E-state index in [1.165, 1.54) is 31.5 Å². The predicted molar refractivity (Wildman–Crippen MR) is 58.4 cm³/mol. The number of rotatable bonds is 2. The van der Waals surface area contributed by atoms with Gasteiger partial charge in [-0.3, -0.25) is 9.58 Å². The van der Waals surface area contributed by atoms with Crippen molar-refractivity contribution in [2.75, 3.05) is 13.1 Å². The average molecular weight is 206 g/mol. The molecule has 0 spiro atoms. The molecule has 2 aliphatic rings. The molecule has 0 amide bonds. The summed E-state index contributed by atoms with van der Waals surface area (Å²) in [5.74, 6) is 0. The molecule has 1 aromatic heterocycles. The average Bonchev–Trinajstić information content (AvgIpc) is 2.85. The van der Waals surface area contributed by atoms with Gasteiger partial charge in [-0.05, 0) is 19.4 Å². The van der Waals surface area contributed by atoms with Gasteiger partial charge in [0, 0.05) is 44.0 Å². The first-order valence-electron chi connectivity index (χ1n) is 5.78. The SMILES string of the molecule is Cn1cc(CN2CC[C@@H]3NCC[C@@H]32)cn1. The first kappa shape index (κ1) is 9.36. The number of likely N-dealkylation sites (tertiary alicyclic amines) is 1. The predicted octanol–water partition coefficient (Wildman–Crippen LogP) is 0.356. The molecule has 2 fully saturated rings. The molecule has 1 aromatic rings. The van der Waals surface area contributed by atoms with Crippen LogP contribution in [0.5, 0.6) is 0 Å². The number of aromatic nitrogens is 2. The van der Waals surface area contributed by atoms with Gasteiger partial charge in [-0.15, -0.1) is 0 Å². The van der Waals surface area contributed by atoms with Crippen molar-refractivity contribution < 1.29 is 0 Å².